The molecule has 2 nitrogen and oxygen atoms in total. The van der Waals surface area contributed by atoms with Crippen molar-refractivity contribution in [2.75, 3.05) is 0 Å². The van der Waals surface area contributed by atoms with Crippen LogP contribution in [0, 0.1) is 0 Å². The van der Waals surface area contributed by atoms with Gasteiger partial charge in [0.05, 0.1) is 0 Å². The molecule has 0 unspecified atom stereocenters. The fraction of sp³-hybridized carbons (Fsp3) is 0. The molecule has 0 aliphatic carbocycles. The molecule has 0 bridgehead atoms. The Morgan fingerprint density at radius 2 is 0.486 bits per heavy atom. The molecule has 0 aliphatic rings. The highest BCUT2D eigenvalue weighted by molar-refractivity contribution is 7.85. The second-order valence-electron chi connectivity index (χ2n) is 19.0. The van der Waals surface area contributed by atoms with Gasteiger partial charge < -0.3 is 9.13 Å². The third kappa shape index (κ3) is 7.66. The maximum absolute atomic E-state index is 15.4. The molecule has 0 heterocycles. The van der Waals surface area contributed by atoms with Crippen molar-refractivity contribution in [3.8, 4) is 44.5 Å². The summed E-state index contributed by atoms with van der Waals surface area (Å²) in [6.45, 7) is 0. The molecule has 0 radical (unpaired) electrons. The van der Waals surface area contributed by atoms with Crippen molar-refractivity contribution < 1.29 is 9.13 Å². The molecule has 0 atom stereocenters. The normalized spacial score (nSPS) is 11.9. The summed E-state index contributed by atoms with van der Waals surface area (Å²) in [7, 11) is -6.32. The predicted molar refractivity (Wildman–Crippen MR) is 317 cm³/mol. The van der Waals surface area contributed by atoms with Gasteiger partial charge >= 0.3 is 0 Å². The van der Waals surface area contributed by atoms with Gasteiger partial charge in [-0.1, -0.05) is 279 Å². The van der Waals surface area contributed by atoms with Crippen molar-refractivity contribution in [3.63, 3.8) is 0 Å². The standard InChI is InChI=1S/C70H48O2P2/c71-73(55-23-5-1-6-24-55,56-25-7-2-8-26-56)59-41-35-49(36-42-59)53-39-45-65-67(47-53)69(63-33-17-21-51-19-13-15-31-61(51)63)66-46-40-54(48-68(66)70(65)64-34-18-22-52-20-14-16-32-62(52)64)50-37-43-60(44-38-50)74(72,57-27-9-3-10-28-57)58-29-11-4-12-30-58/h1-48H. The molecule has 0 saturated carbocycles. The maximum Gasteiger partial charge on any atom is 0.171 e. The highest BCUT2D eigenvalue weighted by atomic mass is 31.2. The highest BCUT2D eigenvalue weighted by Crippen LogP contribution is 2.50. The van der Waals surface area contributed by atoms with Crippen LogP contribution in [0.5, 0.6) is 0 Å². The summed E-state index contributed by atoms with van der Waals surface area (Å²) >= 11 is 0. The van der Waals surface area contributed by atoms with E-state index in [1.54, 1.807) is 0 Å². The van der Waals surface area contributed by atoms with E-state index in [9.17, 15) is 0 Å². The topological polar surface area (TPSA) is 34.1 Å². The predicted octanol–water partition coefficient (Wildman–Crippen LogP) is 16.2. The van der Waals surface area contributed by atoms with E-state index >= 15 is 9.13 Å². The molecular weight excluding hydrogens is 935 g/mol. The van der Waals surface area contributed by atoms with Crippen molar-refractivity contribution in [2.24, 2.45) is 0 Å². The van der Waals surface area contributed by atoms with Gasteiger partial charge in [-0.2, -0.15) is 0 Å². The van der Waals surface area contributed by atoms with Crippen molar-refractivity contribution in [1.82, 2.24) is 0 Å². The minimum Gasteiger partial charge on any atom is -0.309 e. The fourth-order valence-corrected chi connectivity index (χ4v) is 16.5. The second kappa shape index (κ2) is 18.8. The minimum atomic E-state index is -3.16. The lowest BCUT2D eigenvalue weighted by atomic mass is 9.82. The van der Waals surface area contributed by atoms with Gasteiger partial charge in [-0.3, -0.25) is 0 Å². The number of fused-ring (bicyclic) bond motifs is 4. The first-order valence-electron chi connectivity index (χ1n) is 25.1. The van der Waals surface area contributed by atoms with Crippen LogP contribution in [0.15, 0.2) is 291 Å². The molecule has 74 heavy (non-hydrogen) atoms. The van der Waals surface area contributed by atoms with Gasteiger partial charge in [0.2, 0.25) is 0 Å². The van der Waals surface area contributed by atoms with Crippen molar-refractivity contribution in [3.05, 3.63) is 291 Å². The van der Waals surface area contributed by atoms with Crippen LogP contribution < -0.4 is 31.8 Å². The SMILES string of the molecule is O=P(c1ccccc1)(c1ccccc1)c1ccc(-c2ccc3c(-c4cccc5ccccc45)c4cc(-c5ccc(P(=O)(c6ccccc6)c6ccccc6)cc5)ccc4c(-c4cccc5ccccc45)c3c2)cc1. The lowest BCUT2D eigenvalue weighted by Gasteiger charge is -2.22. The molecule has 0 N–H and O–H groups in total. The van der Waals surface area contributed by atoms with Crippen molar-refractivity contribution >= 4 is 89.2 Å². The summed E-state index contributed by atoms with van der Waals surface area (Å²) < 4.78 is 30.8. The van der Waals surface area contributed by atoms with Crippen LogP contribution in [0.4, 0.5) is 0 Å². The van der Waals surface area contributed by atoms with E-state index in [2.05, 4.69) is 170 Å². The molecule has 13 rings (SSSR count). The minimum absolute atomic E-state index is 0.798. The first-order chi connectivity index (χ1) is 36.5. The van der Waals surface area contributed by atoms with Crippen LogP contribution in [0.25, 0.3) is 87.6 Å². The molecule has 0 aromatic heterocycles. The summed E-state index contributed by atoms with van der Waals surface area (Å²) in [5.74, 6) is 0. The number of benzene rings is 13. The number of hydrogen-bond acceptors (Lipinski definition) is 2. The molecular formula is C70H48O2P2. The average Bonchev–Trinajstić information content (AvgIpc) is 3.49. The Morgan fingerprint density at radius 3 is 0.838 bits per heavy atom. The highest BCUT2D eigenvalue weighted by Gasteiger charge is 2.31. The molecule has 0 spiro atoms. The van der Waals surface area contributed by atoms with Crippen molar-refractivity contribution in [1.29, 1.82) is 0 Å². The molecule has 13 aromatic carbocycles. The van der Waals surface area contributed by atoms with Crippen LogP contribution in [-0.4, -0.2) is 0 Å². The van der Waals surface area contributed by atoms with Crippen LogP contribution in [0.2, 0.25) is 0 Å². The van der Waals surface area contributed by atoms with E-state index in [4.69, 9.17) is 0 Å². The van der Waals surface area contributed by atoms with Gasteiger partial charge in [0.1, 0.15) is 0 Å². The largest absolute Gasteiger partial charge is 0.309 e. The van der Waals surface area contributed by atoms with Crippen LogP contribution >= 0.6 is 14.3 Å². The average molecular weight is 983 g/mol. The Balaban J connectivity index is 1.04. The van der Waals surface area contributed by atoms with Gasteiger partial charge in [-0.05, 0) is 99.7 Å². The quantitative estimate of drug-likeness (QED) is 0.101. The summed E-state index contributed by atoms with van der Waals surface area (Å²) in [6, 6.07) is 101. The van der Waals surface area contributed by atoms with E-state index < -0.39 is 14.3 Å². The fourth-order valence-electron chi connectivity index (χ4n) is 11.2. The summed E-state index contributed by atoms with van der Waals surface area (Å²) in [5.41, 5.74) is 8.89. The van der Waals surface area contributed by atoms with Crippen LogP contribution in [-0.2, 0) is 9.13 Å². The lowest BCUT2D eigenvalue weighted by Crippen LogP contribution is -2.24. The monoisotopic (exact) mass is 982 g/mol. The maximum atomic E-state index is 15.4. The Morgan fingerprint density at radius 1 is 0.203 bits per heavy atom. The van der Waals surface area contributed by atoms with Gasteiger partial charge in [-0.25, -0.2) is 0 Å². The Hall–Kier alpha value is -8.64. The second-order valence-corrected chi connectivity index (χ2v) is 24.5. The molecule has 0 fully saturated rings. The van der Waals surface area contributed by atoms with Gasteiger partial charge in [0.25, 0.3) is 0 Å². The first kappa shape index (κ1) is 45.2. The van der Waals surface area contributed by atoms with E-state index in [0.717, 1.165) is 86.8 Å². The van der Waals surface area contributed by atoms with E-state index in [-0.39, 0.29) is 0 Å². The lowest BCUT2D eigenvalue weighted by molar-refractivity contribution is 0.591. The third-order valence-corrected chi connectivity index (χ3v) is 21.0. The van der Waals surface area contributed by atoms with E-state index in [1.807, 2.05) is 121 Å². The number of hydrogen-bond donors (Lipinski definition) is 0. The van der Waals surface area contributed by atoms with Crippen LogP contribution in [0.3, 0.4) is 0 Å². The third-order valence-electron chi connectivity index (χ3n) is 14.8. The molecule has 0 aliphatic heterocycles. The van der Waals surface area contributed by atoms with E-state index in [1.165, 1.54) is 32.7 Å². The van der Waals surface area contributed by atoms with Crippen molar-refractivity contribution in [2.45, 2.75) is 0 Å². The van der Waals surface area contributed by atoms with E-state index in [0.29, 0.717) is 0 Å². The Labute approximate surface area is 431 Å². The zero-order valence-corrected chi connectivity index (χ0v) is 42.2. The molecule has 0 amide bonds. The first-order valence-corrected chi connectivity index (χ1v) is 28.5. The summed E-state index contributed by atoms with van der Waals surface area (Å²) in [4.78, 5) is 0. The smallest absolute Gasteiger partial charge is 0.171 e. The Kier molecular flexibility index (Phi) is 11.5. The Bertz CT molecular complexity index is 3950. The molecule has 0 saturated heterocycles. The summed E-state index contributed by atoms with van der Waals surface area (Å²) in [5, 5.41) is 14.2. The zero-order valence-electron chi connectivity index (χ0n) is 40.4. The van der Waals surface area contributed by atoms with Gasteiger partial charge in [0.15, 0.2) is 14.3 Å². The van der Waals surface area contributed by atoms with Gasteiger partial charge in [-0.15, -0.1) is 0 Å². The van der Waals surface area contributed by atoms with Gasteiger partial charge in [0, 0.05) is 31.8 Å². The zero-order chi connectivity index (χ0) is 49.6. The van der Waals surface area contributed by atoms with Crippen LogP contribution in [0.1, 0.15) is 0 Å². The molecule has 350 valence electrons. The molecule has 13 aromatic rings. The molecule has 4 heteroatoms. The summed E-state index contributed by atoms with van der Waals surface area (Å²) in [6.07, 6.45) is 0. The number of rotatable bonds is 10.